The summed E-state index contributed by atoms with van der Waals surface area (Å²) >= 11 is 0. The van der Waals surface area contributed by atoms with Crippen molar-refractivity contribution < 1.29 is 32.4 Å². The molecule has 0 fully saturated rings. The van der Waals surface area contributed by atoms with Gasteiger partial charge >= 0.3 is 19.5 Å². The van der Waals surface area contributed by atoms with Crippen LogP contribution in [0.5, 0.6) is 0 Å². The van der Waals surface area contributed by atoms with Gasteiger partial charge in [-0.05, 0) is 0 Å². The van der Waals surface area contributed by atoms with Crippen LogP contribution >= 0.6 is 0 Å². The second-order valence-corrected chi connectivity index (χ2v) is 5.19. The Balaban J connectivity index is 0.000001000. The quantitative estimate of drug-likeness (QED) is 0.470. The number of hydrogen-bond acceptors (Lipinski definition) is 3. The van der Waals surface area contributed by atoms with Gasteiger partial charge in [0, 0.05) is 0 Å². The van der Waals surface area contributed by atoms with Crippen LogP contribution in [0.25, 0.3) is 0 Å². The second-order valence-electron chi connectivity index (χ2n) is 1.89. The van der Waals surface area contributed by atoms with Gasteiger partial charge in [0.2, 0.25) is 0 Å². The van der Waals surface area contributed by atoms with E-state index in [0.717, 1.165) is 6.04 Å². The summed E-state index contributed by atoms with van der Waals surface area (Å²) in [5, 5.41) is 0. The Kier molecular flexibility index (Phi) is 4.39. The summed E-state index contributed by atoms with van der Waals surface area (Å²) < 4.78 is 31.1. The molecule has 1 heterocycles. The Hall–Kier alpha value is 0.230. The number of hydrogen-bond donors (Lipinski definition) is 0. The van der Waals surface area contributed by atoms with Crippen LogP contribution in [0, 0.1) is 0 Å². The number of rotatable bonds is 1. The van der Waals surface area contributed by atoms with Crippen LogP contribution in [0.15, 0.2) is 22.8 Å². The third-order valence-electron chi connectivity index (χ3n) is 1.14. The monoisotopic (exact) mass is 238 g/mol. The minimum absolute atomic E-state index is 0. The molecule has 0 radical (unpaired) electrons. The zero-order chi connectivity index (χ0) is 7.61. The molecule has 0 aromatic heterocycles. The molecule has 11 heavy (non-hydrogen) atoms. The van der Waals surface area contributed by atoms with Gasteiger partial charge in [-0.25, -0.2) is 8.42 Å². The van der Waals surface area contributed by atoms with Crippen molar-refractivity contribution in [1.29, 1.82) is 0 Å². The van der Waals surface area contributed by atoms with Crippen molar-refractivity contribution in [2.24, 2.45) is 0 Å². The van der Waals surface area contributed by atoms with Crippen molar-refractivity contribution in [2.75, 3.05) is 0 Å². The van der Waals surface area contributed by atoms with Gasteiger partial charge in [0.05, 0.1) is 10.1 Å². The molecule has 3 nitrogen and oxygen atoms in total. The van der Waals surface area contributed by atoms with Crippen molar-refractivity contribution in [2.45, 2.75) is 6.04 Å². The SMILES string of the molecule is O=S(=O)([O-])C1=CC=CC[SiH-]1.[Zn+2]. The molecule has 1 aliphatic rings. The van der Waals surface area contributed by atoms with Gasteiger partial charge in [-0.15, -0.1) is 10.6 Å². The molecule has 0 aromatic carbocycles. The second kappa shape index (κ2) is 4.30. The Morgan fingerprint density at radius 2 is 2.18 bits per heavy atom. The Labute approximate surface area is 80.9 Å². The summed E-state index contributed by atoms with van der Waals surface area (Å²) in [4.78, 5) is 0. The van der Waals surface area contributed by atoms with Crippen molar-refractivity contribution in [1.82, 2.24) is 0 Å². The van der Waals surface area contributed by atoms with Gasteiger partial charge < -0.3 is 4.55 Å². The van der Waals surface area contributed by atoms with Crippen molar-refractivity contribution >= 4 is 19.6 Å². The first-order chi connectivity index (χ1) is 4.61. The topological polar surface area (TPSA) is 57.2 Å². The molecule has 1 aliphatic heterocycles. The molecule has 0 N–H and O–H groups in total. The molecule has 0 amide bonds. The predicted octanol–water partition coefficient (Wildman–Crippen LogP) is -0.205. The van der Waals surface area contributed by atoms with Crippen LogP contribution in [-0.2, 0) is 29.6 Å². The molecule has 0 aliphatic carbocycles. The molecule has 0 aromatic rings. The van der Waals surface area contributed by atoms with Gasteiger partial charge in [0.25, 0.3) is 0 Å². The van der Waals surface area contributed by atoms with E-state index < -0.39 is 10.1 Å². The minimum Gasteiger partial charge on any atom is -0.747 e. The molecular weight excluding hydrogens is 234 g/mol. The molecule has 0 spiro atoms. The molecule has 0 saturated heterocycles. The molecule has 1 rings (SSSR count). The molecular formula is C5H6O3SSiZn. The third kappa shape index (κ3) is 3.42. The van der Waals surface area contributed by atoms with E-state index in [1.807, 2.05) is 6.08 Å². The molecule has 6 heteroatoms. The fourth-order valence-electron chi connectivity index (χ4n) is 0.679. The van der Waals surface area contributed by atoms with Gasteiger partial charge in [0.15, 0.2) is 0 Å². The smallest absolute Gasteiger partial charge is 0.747 e. The van der Waals surface area contributed by atoms with E-state index in [1.54, 1.807) is 6.08 Å². The standard InChI is InChI=1S/C5H7O3SSi.Zn/c6-9(7,8)5-3-1-2-4-10-5;/h1-3,10H,4H2,(H,6,7,8);/q-1;+2/p-1. The molecule has 0 atom stereocenters. The zero-order valence-corrected chi connectivity index (χ0v) is 10.8. The largest absolute Gasteiger partial charge is 2.00 e. The molecule has 56 valence electrons. The van der Waals surface area contributed by atoms with Crippen LogP contribution in [0.4, 0.5) is 0 Å². The van der Waals surface area contributed by atoms with Crippen LogP contribution in [0.1, 0.15) is 0 Å². The van der Waals surface area contributed by atoms with Crippen LogP contribution in [-0.4, -0.2) is 22.5 Å². The van der Waals surface area contributed by atoms with E-state index in [2.05, 4.69) is 0 Å². The fourth-order valence-corrected chi connectivity index (χ4v) is 2.80. The van der Waals surface area contributed by atoms with Crippen molar-refractivity contribution in [3.8, 4) is 0 Å². The first-order valence-corrected chi connectivity index (χ1v) is 5.57. The van der Waals surface area contributed by atoms with Crippen LogP contribution in [0.2, 0.25) is 6.04 Å². The maximum absolute atomic E-state index is 10.3. The molecule has 0 unspecified atom stereocenters. The summed E-state index contributed by atoms with van der Waals surface area (Å²) in [5.74, 6) is 0. The fraction of sp³-hybridized carbons (Fsp3) is 0.200. The van der Waals surface area contributed by atoms with Gasteiger partial charge in [-0.3, -0.25) is 9.52 Å². The number of allylic oxidation sites excluding steroid dienone is 3. The molecule has 0 saturated carbocycles. The summed E-state index contributed by atoms with van der Waals surface area (Å²) in [6.07, 6.45) is 4.87. The minimum atomic E-state index is -4.13. The Bertz CT molecular complexity index is 280. The van der Waals surface area contributed by atoms with Crippen molar-refractivity contribution in [3.63, 3.8) is 0 Å². The van der Waals surface area contributed by atoms with Gasteiger partial charge in [-0.1, -0.05) is 12.2 Å². The first kappa shape index (κ1) is 11.2. The van der Waals surface area contributed by atoms with Gasteiger partial charge in [-0.2, -0.15) is 6.04 Å². The Morgan fingerprint density at radius 3 is 2.45 bits per heavy atom. The first-order valence-electron chi connectivity index (χ1n) is 2.76. The normalized spacial score (nSPS) is 16.3. The summed E-state index contributed by atoms with van der Waals surface area (Å²) in [6.45, 7) is 0. The maximum atomic E-state index is 10.3. The average Bonchev–Trinajstić information content (AvgIpc) is 1.88. The van der Waals surface area contributed by atoms with Gasteiger partial charge in [0.1, 0.15) is 0 Å². The summed E-state index contributed by atoms with van der Waals surface area (Å²) in [5.41, 5.74) is 0. The van der Waals surface area contributed by atoms with Crippen LogP contribution < -0.4 is 0 Å². The van der Waals surface area contributed by atoms with Crippen molar-refractivity contribution in [3.05, 3.63) is 22.8 Å². The third-order valence-corrected chi connectivity index (χ3v) is 4.32. The summed E-state index contributed by atoms with van der Waals surface area (Å²) in [7, 11) is -4.47. The average molecular weight is 240 g/mol. The van der Waals surface area contributed by atoms with E-state index in [1.165, 1.54) is 6.08 Å². The van der Waals surface area contributed by atoms with Crippen LogP contribution in [0.3, 0.4) is 0 Å². The predicted molar refractivity (Wildman–Crippen MR) is 38.9 cm³/mol. The maximum Gasteiger partial charge on any atom is 2.00 e. The Morgan fingerprint density at radius 1 is 1.55 bits per heavy atom. The summed E-state index contributed by atoms with van der Waals surface area (Å²) in [6, 6.07) is 0.729. The van der Waals surface area contributed by atoms with E-state index in [-0.39, 0.29) is 33.5 Å². The van der Waals surface area contributed by atoms with E-state index in [0.29, 0.717) is 0 Å². The van der Waals surface area contributed by atoms with E-state index in [9.17, 15) is 13.0 Å². The van der Waals surface area contributed by atoms with E-state index >= 15 is 0 Å². The molecule has 0 bridgehead atoms. The van der Waals surface area contributed by atoms with E-state index in [4.69, 9.17) is 0 Å². The zero-order valence-electron chi connectivity index (χ0n) is 5.86.